The Morgan fingerprint density at radius 3 is 2.59 bits per heavy atom. The van der Waals surface area contributed by atoms with Gasteiger partial charge in [0.2, 0.25) is 17.7 Å². The van der Waals surface area contributed by atoms with Crippen molar-refractivity contribution in [2.24, 2.45) is 17.3 Å². The van der Waals surface area contributed by atoms with E-state index in [1.165, 1.54) is 16.0 Å². The molecule has 2 aromatic heterocycles. The number of methoxy groups -OCH3 is 1. The maximum Gasteiger partial charge on any atom is 0.324 e. The van der Waals surface area contributed by atoms with Crippen LogP contribution in [0, 0.1) is 17.3 Å². The fraction of sp³-hybridized carbons (Fsp3) is 0.490. The average molecular weight is 902 g/mol. The summed E-state index contributed by atoms with van der Waals surface area (Å²) in [6, 6.07) is 15.8. The van der Waals surface area contributed by atoms with E-state index in [0.29, 0.717) is 45.3 Å². The molecule has 4 aliphatic heterocycles. The SMILES string of the molecule is C=CC(=O)N1CCC(C(=O)N(C)[C@H](C(=O)N[C@H]2Cc3cccc(c3)-c3ccc4c(c3)c(c(-c3cccnc3[C@H](C)OC)n4CC)CC(C)(C)COC(=O)[C@@H]3CCCN(N3)C2=O)C2COC2)C1. The van der Waals surface area contributed by atoms with Crippen LogP contribution in [0.15, 0.2) is 73.4 Å². The summed E-state index contributed by atoms with van der Waals surface area (Å²) in [5.74, 6) is -2.61. The Morgan fingerprint density at radius 2 is 1.86 bits per heavy atom. The number of nitrogens with zero attached hydrogens (tertiary/aromatic N) is 5. The fourth-order valence-electron chi connectivity index (χ4n) is 10.1. The van der Waals surface area contributed by atoms with E-state index in [2.05, 4.69) is 79.1 Å². The number of esters is 1. The van der Waals surface area contributed by atoms with Gasteiger partial charge >= 0.3 is 5.97 Å². The van der Waals surface area contributed by atoms with Crippen molar-refractivity contribution in [1.82, 2.24) is 35.1 Å². The minimum atomic E-state index is -1.06. The highest BCUT2D eigenvalue weighted by Gasteiger charge is 2.44. The molecule has 3 saturated heterocycles. The molecule has 4 amide bonds. The highest BCUT2D eigenvalue weighted by atomic mass is 16.5. The molecule has 3 fully saturated rings. The molecule has 0 radical (unpaired) electrons. The lowest BCUT2D eigenvalue weighted by atomic mass is 9.84. The van der Waals surface area contributed by atoms with Crippen LogP contribution in [0.4, 0.5) is 0 Å². The Balaban J connectivity index is 1.18. The number of aryl methyl sites for hydroxylation is 1. The molecule has 0 saturated carbocycles. The van der Waals surface area contributed by atoms with Crippen molar-refractivity contribution in [2.45, 2.75) is 90.6 Å². The highest BCUT2D eigenvalue weighted by Crippen LogP contribution is 2.42. The number of likely N-dealkylation sites (tertiary alicyclic amines) is 1. The number of benzene rings is 2. The summed E-state index contributed by atoms with van der Waals surface area (Å²) in [5, 5.41) is 5.58. The topological polar surface area (TPSA) is 165 Å². The van der Waals surface area contributed by atoms with Gasteiger partial charge in [-0.15, -0.1) is 0 Å². The van der Waals surface area contributed by atoms with Crippen LogP contribution < -0.4 is 10.7 Å². The number of rotatable bonds is 10. The number of ether oxygens (including phenoxy) is 3. The van der Waals surface area contributed by atoms with E-state index < -0.39 is 47.2 Å². The Hall–Kier alpha value is -5.90. The van der Waals surface area contributed by atoms with E-state index in [9.17, 15) is 24.0 Å². The minimum absolute atomic E-state index is 0.132. The number of nitrogens with one attached hydrogen (secondary N) is 2. The Morgan fingerprint density at radius 1 is 1.08 bits per heavy atom. The summed E-state index contributed by atoms with van der Waals surface area (Å²) in [7, 11) is 3.30. The monoisotopic (exact) mass is 901 g/mol. The van der Waals surface area contributed by atoms with Gasteiger partial charge in [0.15, 0.2) is 0 Å². The summed E-state index contributed by atoms with van der Waals surface area (Å²) in [4.78, 5) is 77.5. The second-order valence-corrected chi connectivity index (χ2v) is 19.0. The van der Waals surface area contributed by atoms with Crippen LogP contribution in [0.5, 0.6) is 0 Å². The van der Waals surface area contributed by atoms with Gasteiger partial charge in [0.25, 0.3) is 5.91 Å². The zero-order valence-corrected chi connectivity index (χ0v) is 39.0. The molecule has 2 N–H and O–H groups in total. The van der Waals surface area contributed by atoms with Crippen LogP contribution in [0.25, 0.3) is 33.3 Å². The second-order valence-electron chi connectivity index (χ2n) is 19.0. The number of hydrogen-bond donors (Lipinski definition) is 2. The first-order chi connectivity index (χ1) is 31.7. The Labute approximate surface area is 386 Å². The molecule has 0 spiro atoms. The van der Waals surface area contributed by atoms with Gasteiger partial charge in [-0.1, -0.05) is 50.8 Å². The Kier molecular flexibility index (Phi) is 13.8. The van der Waals surface area contributed by atoms with Crippen LogP contribution in [0.1, 0.15) is 69.9 Å². The zero-order valence-electron chi connectivity index (χ0n) is 39.0. The van der Waals surface area contributed by atoms with Gasteiger partial charge in [-0.2, -0.15) is 0 Å². The van der Waals surface area contributed by atoms with Gasteiger partial charge in [-0.3, -0.25) is 34.0 Å². The lowest BCUT2D eigenvalue weighted by molar-refractivity contribution is -0.156. The van der Waals surface area contributed by atoms with Crippen molar-refractivity contribution in [3.63, 3.8) is 0 Å². The maximum atomic E-state index is 14.7. The predicted molar refractivity (Wildman–Crippen MR) is 249 cm³/mol. The van der Waals surface area contributed by atoms with Crippen molar-refractivity contribution in [3.8, 4) is 22.4 Å². The highest BCUT2D eigenvalue weighted by molar-refractivity contribution is 5.96. The molecule has 8 rings (SSSR count). The van der Waals surface area contributed by atoms with Gasteiger partial charge in [0.05, 0.1) is 43.2 Å². The number of hydrazine groups is 1. The molecule has 4 aromatic rings. The summed E-state index contributed by atoms with van der Waals surface area (Å²) in [6.45, 7) is 14.3. The molecule has 1 unspecified atom stereocenters. The number of likely N-dealkylation sites (N-methyl/N-ethyl adjacent to an activating group) is 1. The van der Waals surface area contributed by atoms with Crippen molar-refractivity contribution >= 4 is 40.5 Å². The molecule has 6 heterocycles. The number of carbonyl (C=O) groups excluding carboxylic acids is 5. The molecule has 15 nitrogen and oxygen atoms in total. The third-order valence-corrected chi connectivity index (χ3v) is 13.8. The molecule has 5 atom stereocenters. The van der Waals surface area contributed by atoms with Gasteiger partial charge in [-0.05, 0) is 92.1 Å². The van der Waals surface area contributed by atoms with Gasteiger partial charge in [0.1, 0.15) is 18.1 Å². The van der Waals surface area contributed by atoms with E-state index >= 15 is 0 Å². The molecule has 15 heteroatoms. The summed E-state index contributed by atoms with van der Waals surface area (Å²) >= 11 is 0. The quantitative estimate of drug-likeness (QED) is 0.159. The lowest BCUT2D eigenvalue weighted by Gasteiger charge is -2.40. The van der Waals surface area contributed by atoms with E-state index in [0.717, 1.165) is 50.1 Å². The van der Waals surface area contributed by atoms with E-state index in [1.807, 2.05) is 25.1 Å². The van der Waals surface area contributed by atoms with Crippen LogP contribution in [-0.4, -0.2) is 126 Å². The smallest absolute Gasteiger partial charge is 0.324 e. The minimum Gasteiger partial charge on any atom is -0.464 e. The number of aromatic nitrogens is 2. The number of hydrogen-bond acceptors (Lipinski definition) is 10. The fourth-order valence-corrected chi connectivity index (χ4v) is 10.1. The summed E-state index contributed by atoms with van der Waals surface area (Å²) in [6.07, 6.45) is 4.98. The standard InChI is InChI=1S/C51H63N7O8/c1-8-43(59)56-22-19-35(27-56)48(61)55(6)45(36-28-65-29-36)47(60)53-41-24-32-13-10-14-33(23-32)34-17-18-42-38(25-34)39(46(57(42)9-2)37-15-11-20-52-44(37)31(3)64-7)26-51(4,5)30-66-50(63)40-16-12-21-58(54-40)49(41)62/h8,10-11,13-15,17-18,20,23,25,31,35-36,40-41,45,54H,1,9,12,16,19,21-22,24,26-30H2,2-7H3,(H,53,60)/t31-,35?,40-,41-,45-/m0/s1. The predicted octanol–water partition coefficient (Wildman–Crippen LogP) is 5.25. The molecular formula is C51H63N7O8. The van der Waals surface area contributed by atoms with Gasteiger partial charge < -0.3 is 33.9 Å². The maximum absolute atomic E-state index is 14.7. The number of cyclic esters (lactones) is 1. The number of fused-ring (bicyclic) bond motifs is 6. The lowest BCUT2D eigenvalue weighted by Crippen LogP contribution is -2.63. The van der Waals surface area contributed by atoms with E-state index in [-0.39, 0.29) is 56.6 Å². The van der Waals surface area contributed by atoms with Crippen LogP contribution in [0.2, 0.25) is 0 Å². The molecule has 4 aliphatic rings. The van der Waals surface area contributed by atoms with Gasteiger partial charge in [0, 0.05) is 80.8 Å². The Bertz CT molecular complexity index is 2510. The first-order valence-corrected chi connectivity index (χ1v) is 23.2. The average Bonchev–Trinajstić information content (AvgIpc) is 3.93. The molecule has 350 valence electrons. The molecule has 2 aromatic carbocycles. The third kappa shape index (κ3) is 9.38. The zero-order chi connectivity index (χ0) is 46.9. The summed E-state index contributed by atoms with van der Waals surface area (Å²) in [5.41, 5.74) is 10.4. The molecular weight excluding hydrogens is 839 g/mol. The van der Waals surface area contributed by atoms with Gasteiger partial charge in [-0.25, -0.2) is 5.43 Å². The van der Waals surface area contributed by atoms with Crippen molar-refractivity contribution < 1.29 is 38.2 Å². The van der Waals surface area contributed by atoms with Crippen LogP contribution in [0.3, 0.4) is 0 Å². The summed E-state index contributed by atoms with van der Waals surface area (Å²) < 4.78 is 19.8. The molecule has 6 bridgehead atoms. The number of pyridine rings is 1. The first kappa shape index (κ1) is 46.6. The van der Waals surface area contributed by atoms with Crippen molar-refractivity contribution in [1.29, 1.82) is 0 Å². The van der Waals surface area contributed by atoms with E-state index in [4.69, 9.17) is 19.2 Å². The van der Waals surface area contributed by atoms with Crippen LogP contribution >= 0.6 is 0 Å². The van der Waals surface area contributed by atoms with Crippen LogP contribution in [-0.2, 0) is 57.6 Å². The molecule has 0 aliphatic carbocycles. The largest absolute Gasteiger partial charge is 0.464 e. The normalized spacial score (nSPS) is 22.2. The van der Waals surface area contributed by atoms with Crippen molar-refractivity contribution in [2.75, 3.05) is 53.6 Å². The third-order valence-electron chi connectivity index (χ3n) is 13.8. The second kappa shape index (κ2) is 19.5. The van der Waals surface area contributed by atoms with E-state index in [1.54, 1.807) is 25.3 Å². The molecule has 66 heavy (non-hydrogen) atoms. The van der Waals surface area contributed by atoms with Crippen molar-refractivity contribution in [3.05, 3.63) is 90.3 Å². The number of carbonyl (C=O) groups is 5. The first-order valence-electron chi connectivity index (χ1n) is 23.2. The number of amides is 4.